The molecule has 0 aromatic carbocycles. The molecule has 31 heavy (non-hydrogen) atoms. The van der Waals surface area contributed by atoms with E-state index < -0.39 is 0 Å². The fourth-order valence-corrected chi connectivity index (χ4v) is 7.44. The van der Waals surface area contributed by atoms with E-state index >= 15 is 0 Å². The molecule has 2 heterocycles. The lowest BCUT2D eigenvalue weighted by Crippen LogP contribution is -2.31. The third-order valence-electron chi connectivity index (χ3n) is 8.52. The highest BCUT2D eigenvalue weighted by Crippen LogP contribution is 2.84. The van der Waals surface area contributed by atoms with Crippen molar-refractivity contribution in [2.45, 2.75) is 52.4 Å². The Kier molecular flexibility index (Phi) is 3.95. The summed E-state index contributed by atoms with van der Waals surface area (Å²) in [7, 11) is 1.81. The lowest BCUT2D eigenvalue weighted by atomic mass is 9.69. The number of amides is 2. The highest BCUT2D eigenvalue weighted by atomic mass is 16.2. The number of nitrogens with one attached hydrogen (secondary N) is 1. The highest BCUT2D eigenvalue weighted by Gasteiger charge is 2.76. The molecule has 0 saturated heterocycles. The molecule has 5 atom stereocenters. The van der Waals surface area contributed by atoms with Gasteiger partial charge in [0.05, 0.1) is 0 Å². The van der Waals surface area contributed by atoms with E-state index in [2.05, 4.69) is 24.1 Å². The van der Waals surface area contributed by atoms with Crippen molar-refractivity contribution in [3.05, 3.63) is 30.1 Å². The molecule has 0 aliphatic heterocycles. The van der Waals surface area contributed by atoms with Crippen molar-refractivity contribution >= 4 is 23.3 Å². The average Bonchev–Trinajstić information content (AvgIpc) is 3.52. The average molecular weight is 421 g/mol. The van der Waals surface area contributed by atoms with Gasteiger partial charge in [0.25, 0.3) is 5.91 Å². The maximum Gasteiger partial charge on any atom is 0.273 e. The monoisotopic (exact) mass is 420 g/mol. The molecule has 2 bridgehead atoms. The standard InChI is InChI=1S/C25H32N4O2/c1-15(2)12-28(3)23(31)19-13-29-20(26-19)5-4-6-21(29)27-22(30)11-24-8-16-7-18(16)25(14-24)10-17(25)9-24/h4-6,13,15-18H,7-12,14H2,1-3H3,(H,27,30). The van der Waals surface area contributed by atoms with Crippen molar-refractivity contribution in [3.63, 3.8) is 0 Å². The van der Waals surface area contributed by atoms with Crippen LogP contribution in [0.4, 0.5) is 5.82 Å². The van der Waals surface area contributed by atoms with E-state index in [1.165, 1.54) is 32.1 Å². The molecule has 2 aromatic heterocycles. The van der Waals surface area contributed by atoms with Gasteiger partial charge in [-0.1, -0.05) is 19.9 Å². The van der Waals surface area contributed by atoms with Gasteiger partial charge in [0.2, 0.25) is 5.91 Å². The maximum atomic E-state index is 13.1. The quantitative estimate of drug-likeness (QED) is 0.761. The van der Waals surface area contributed by atoms with Gasteiger partial charge in [0, 0.05) is 26.2 Å². The molecule has 2 amide bonds. The van der Waals surface area contributed by atoms with Crippen LogP contribution >= 0.6 is 0 Å². The molecule has 5 unspecified atom stereocenters. The molecule has 6 nitrogen and oxygen atoms in total. The van der Waals surface area contributed by atoms with Crippen LogP contribution in [0.3, 0.4) is 0 Å². The van der Waals surface area contributed by atoms with Gasteiger partial charge in [-0.2, -0.15) is 0 Å². The molecule has 2 aromatic rings. The molecule has 6 rings (SSSR count). The minimum atomic E-state index is -0.0924. The van der Waals surface area contributed by atoms with Gasteiger partial charge in [-0.3, -0.25) is 14.0 Å². The Labute approximate surface area is 183 Å². The lowest BCUT2D eigenvalue weighted by Gasteiger charge is -2.35. The summed E-state index contributed by atoms with van der Waals surface area (Å²) in [4.78, 5) is 32.1. The largest absolute Gasteiger partial charge is 0.340 e. The van der Waals surface area contributed by atoms with Crippen LogP contribution in [0.15, 0.2) is 24.4 Å². The minimum Gasteiger partial charge on any atom is -0.340 e. The third-order valence-corrected chi connectivity index (χ3v) is 8.52. The number of aromatic nitrogens is 2. The summed E-state index contributed by atoms with van der Waals surface area (Å²) in [5, 5.41) is 3.14. The predicted octanol–water partition coefficient (Wildman–Crippen LogP) is 4.22. The zero-order chi connectivity index (χ0) is 21.5. The maximum absolute atomic E-state index is 13.1. The molecule has 1 spiro atoms. The number of imidazole rings is 1. The predicted molar refractivity (Wildman–Crippen MR) is 119 cm³/mol. The van der Waals surface area contributed by atoms with E-state index in [9.17, 15) is 9.59 Å². The van der Waals surface area contributed by atoms with Crippen molar-refractivity contribution in [1.29, 1.82) is 0 Å². The fraction of sp³-hybridized carbons (Fsp3) is 0.640. The third kappa shape index (κ3) is 3.01. The molecule has 6 heteroatoms. The van der Waals surface area contributed by atoms with E-state index in [1.807, 2.05) is 29.6 Å². The van der Waals surface area contributed by atoms with Crippen LogP contribution in [0.2, 0.25) is 0 Å². The van der Waals surface area contributed by atoms with Crippen molar-refractivity contribution in [1.82, 2.24) is 14.3 Å². The second-order valence-corrected chi connectivity index (χ2v) is 11.4. The number of fused-ring (bicyclic) bond motifs is 3. The Morgan fingerprint density at radius 1 is 1.29 bits per heavy atom. The molecular weight excluding hydrogens is 388 g/mol. The summed E-state index contributed by atoms with van der Waals surface area (Å²) in [5.41, 5.74) is 1.95. The summed E-state index contributed by atoms with van der Waals surface area (Å²) in [6.07, 6.45) is 8.99. The number of rotatable bonds is 6. The van der Waals surface area contributed by atoms with E-state index in [0.29, 0.717) is 41.5 Å². The SMILES string of the molecule is CC(C)CN(C)C(=O)c1cn2c(NC(=O)CC34CC5CC5C5(CC5C3)C4)cccc2n1. The number of anilines is 1. The van der Waals surface area contributed by atoms with Crippen LogP contribution in [0.5, 0.6) is 0 Å². The van der Waals surface area contributed by atoms with Crippen LogP contribution in [-0.4, -0.2) is 39.7 Å². The van der Waals surface area contributed by atoms with Gasteiger partial charge in [-0.25, -0.2) is 4.98 Å². The van der Waals surface area contributed by atoms with Gasteiger partial charge in [-0.15, -0.1) is 0 Å². The minimum absolute atomic E-state index is 0.0924. The summed E-state index contributed by atoms with van der Waals surface area (Å²) in [6, 6.07) is 5.65. The smallest absolute Gasteiger partial charge is 0.273 e. The molecule has 4 aliphatic rings. The van der Waals surface area contributed by atoms with E-state index in [1.54, 1.807) is 11.1 Å². The van der Waals surface area contributed by atoms with Crippen molar-refractivity contribution in [3.8, 4) is 0 Å². The Hall–Kier alpha value is -2.37. The Morgan fingerprint density at radius 3 is 2.94 bits per heavy atom. The van der Waals surface area contributed by atoms with Gasteiger partial charge >= 0.3 is 0 Å². The van der Waals surface area contributed by atoms with Gasteiger partial charge < -0.3 is 10.2 Å². The second-order valence-electron chi connectivity index (χ2n) is 11.4. The molecular formula is C25H32N4O2. The first kappa shape index (κ1) is 19.3. The second kappa shape index (κ2) is 6.33. The number of hydrogen-bond donors (Lipinski definition) is 1. The Morgan fingerprint density at radius 2 is 2.13 bits per heavy atom. The number of nitrogens with zero attached hydrogens (tertiary/aromatic N) is 3. The molecule has 0 radical (unpaired) electrons. The van der Waals surface area contributed by atoms with Crippen LogP contribution in [0.25, 0.3) is 5.65 Å². The summed E-state index contributed by atoms with van der Waals surface area (Å²) >= 11 is 0. The highest BCUT2D eigenvalue weighted by molar-refractivity contribution is 5.94. The van der Waals surface area contributed by atoms with Crippen LogP contribution in [-0.2, 0) is 4.79 Å². The van der Waals surface area contributed by atoms with Crippen LogP contribution in [0, 0.1) is 34.5 Å². The Bertz CT molecular complexity index is 1090. The first-order valence-electron chi connectivity index (χ1n) is 11.8. The Balaban J connectivity index is 1.19. The van der Waals surface area contributed by atoms with E-state index in [-0.39, 0.29) is 17.2 Å². The normalized spacial score (nSPS) is 34.4. The van der Waals surface area contributed by atoms with Crippen molar-refractivity contribution in [2.75, 3.05) is 18.9 Å². The van der Waals surface area contributed by atoms with E-state index in [0.717, 1.165) is 17.8 Å². The lowest BCUT2D eigenvalue weighted by molar-refractivity contribution is -0.119. The van der Waals surface area contributed by atoms with E-state index in [4.69, 9.17) is 0 Å². The van der Waals surface area contributed by atoms with Crippen LogP contribution < -0.4 is 5.32 Å². The van der Waals surface area contributed by atoms with Gasteiger partial charge in [0.1, 0.15) is 17.2 Å². The summed E-state index contributed by atoms with van der Waals surface area (Å²) < 4.78 is 1.83. The zero-order valence-electron chi connectivity index (χ0n) is 18.7. The van der Waals surface area contributed by atoms with Gasteiger partial charge in [0.15, 0.2) is 0 Å². The number of pyridine rings is 1. The zero-order valence-corrected chi connectivity index (χ0v) is 18.7. The topological polar surface area (TPSA) is 66.7 Å². The molecule has 4 fully saturated rings. The van der Waals surface area contributed by atoms with Crippen molar-refractivity contribution < 1.29 is 9.59 Å². The van der Waals surface area contributed by atoms with Crippen molar-refractivity contribution in [2.24, 2.45) is 34.5 Å². The fourth-order valence-electron chi connectivity index (χ4n) is 7.44. The molecule has 4 aliphatic carbocycles. The first-order valence-corrected chi connectivity index (χ1v) is 11.8. The summed E-state index contributed by atoms with van der Waals surface area (Å²) in [6.45, 7) is 4.86. The molecule has 164 valence electrons. The molecule has 1 N–H and O–H groups in total. The van der Waals surface area contributed by atoms with Gasteiger partial charge in [-0.05, 0) is 78.7 Å². The molecule has 4 saturated carbocycles. The summed E-state index contributed by atoms with van der Waals surface area (Å²) in [5.74, 6) is 3.86. The number of hydrogen-bond acceptors (Lipinski definition) is 3. The number of carbonyl (C=O) groups excluding carboxylic acids is 2. The number of carbonyl (C=O) groups is 2. The van der Waals surface area contributed by atoms with Crippen LogP contribution in [0.1, 0.15) is 62.9 Å². The first-order chi connectivity index (χ1) is 14.8.